The van der Waals surface area contributed by atoms with Gasteiger partial charge in [0.1, 0.15) is 0 Å². The molecule has 0 radical (unpaired) electrons. The lowest BCUT2D eigenvalue weighted by Gasteiger charge is -1.88. The fourth-order valence-corrected chi connectivity index (χ4v) is 0.539. The van der Waals surface area contributed by atoms with Crippen molar-refractivity contribution in [3.63, 3.8) is 0 Å². The lowest BCUT2D eigenvalue weighted by atomic mass is 10.3. The molecule has 0 aromatic carbocycles. The van der Waals surface area contributed by atoms with Crippen LogP contribution >= 0.6 is 0 Å². The third kappa shape index (κ3) is 10.3. The summed E-state index contributed by atoms with van der Waals surface area (Å²) in [6.07, 6.45) is 6.03. The fraction of sp³-hybridized carbons (Fsp3) is 0.556. The molecule has 0 rings (SSSR count). The quantitative estimate of drug-likeness (QED) is 0.583. The third-order valence-corrected chi connectivity index (χ3v) is 0.802. The predicted octanol–water partition coefficient (Wildman–Crippen LogP) is 2.71. The third-order valence-electron chi connectivity index (χ3n) is 0.802. The minimum Gasteiger partial charge on any atom is -0.394 e. The van der Waals surface area contributed by atoms with Crippen molar-refractivity contribution in [3.8, 4) is 0 Å². The van der Waals surface area contributed by atoms with E-state index in [1.165, 1.54) is 5.57 Å². The molecule has 0 aliphatic rings. The van der Waals surface area contributed by atoms with Gasteiger partial charge in [0, 0.05) is 7.05 Å². The van der Waals surface area contributed by atoms with Crippen LogP contribution in [0, 0.1) is 0 Å². The largest absolute Gasteiger partial charge is 0.394 e. The summed E-state index contributed by atoms with van der Waals surface area (Å²) >= 11 is 0. The Labute approximate surface area is 64.8 Å². The van der Waals surface area contributed by atoms with Crippen LogP contribution in [0.25, 0.3) is 0 Å². The van der Waals surface area contributed by atoms with Gasteiger partial charge < -0.3 is 5.32 Å². The molecule has 0 bridgehead atoms. The van der Waals surface area contributed by atoms with Gasteiger partial charge in [0.05, 0.1) is 0 Å². The van der Waals surface area contributed by atoms with Crippen molar-refractivity contribution < 1.29 is 0 Å². The van der Waals surface area contributed by atoms with Crippen LogP contribution in [0.4, 0.5) is 0 Å². The van der Waals surface area contributed by atoms with Crippen molar-refractivity contribution in [2.75, 3.05) is 7.05 Å². The molecule has 60 valence electrons. The summed E-state index contributed by atoms with van der Waals surface area (Å²) in [7, 11) is 1.90. The minimum absolute atomic E-state index is 1.25. The average molecular weight is 141 g/mol. The van der Waals surface area contributed by atoms with Crippen LogP contribution in [0.15, 0.2) is 23.9 Å². The molecule has 0 aromatic heterocycles. The standard InChI is InChI=1S/C7H13N.C2H6/c1-4-5-7(2)6-8-3;1-2/h4-6,8H,1-3H3;1-2H3/b5-4-,7-6-;. The molecule has 0 saturated carbocycles. The monoisotopic (exact) mass is 141 g/mol. The SMILES string of the molecule is C/C=C\C(C)=C/NC.CC. The topological polar surface area (TPSA) is 12.0 Å². The lowest BCUT2D eigenvalue weighted by molar-refractivity contribution is 1.08. The van der Waals surface area contributed by atoms with Crippen LogP contribution in [0.5, 0.6) is 0 Å². The normalized spacial score (nSPS) is 10.7. The number of allylic oxidation sites excluding steroid dienone is 3. The van der Waals surface area contributed by atoms with E-state index in [4.69, 9.17) is 0 Å². The number of rotatable bonds is 2. The summed E-state index contributed by atoms with van der Waals surface area (Å²) in [6, 6.07) is 0. The molecule has 0 unspecified atom stereocenters. The van der Waals surface area contributed by atoms with Gasteiger partial charge in [-0.1, -0.05) is 26.0 Å². The van der Waals surface area contributed by atoms with Crippen LogP contribution in [-0.2, 0) is 0 Å². The first-order valence-corrected chi connectivity index (χ1v) is 3.78. The van der Waals surface area contributed by atoms with Crippen molar-refractivity contribution in [1.29, 1.82) is 0 Å². The number of hydrogen-bond acceptors (Lipinski definition) is 1. The minimum atomic E-state index is 1.25. The second-order valence-electron chi connectivity index (χ2n) is 1.68. The molecule has 1 nitrogen and oxygen atoms in total. The number of nitrogens with one attached hydrogen (secondary N) is 1. The molecule has 0 heterocycles. The molecular formula is C9H19N. The van der Waals surface area contributed by atoms with E-state index >= 15 is 0 Å². The van der Waals surface area contributed by atoms with Crippen LogP contribution in [0.1, 0.15) is 27.7 Å². The Balaban J connectivity index is 0. The van der Waals surface area contributed by atoms with Gasteiger partial charge in [0.2, 0.25) is 0 Å². The Morgan fingerprint density at radius 1 is 1.30 bits per heavy atom. The Kier molecular flexibility index (Phi) is 13.4. The van der Waals surface area contributed by atoms with Crippen LogP contribution in [0.3, 0.4) is 0 Å². The van der Waals surface area contributed by atoms with E-state index in [0.717, 1.165) is 0 Å². The van der Waals surface area contributed by atoms with Crippen molar-refractivity contribution in [3.05, 3.63) is 23.9 Å². The van der Waals surface area contributed by atoms with Gasteiger partial charge in [-0.05, 0) is 25.6 Å². The van der Waals surface area contributed by atoms with Gasteiger partial charge in [-0.15, -0.1) is 0 Å². The maximum Gasteiger partial charge on any atom is 0.00277 e. The zero-order chi connectivity index (χ0) is 8.41. The molecule has 0 fully saturated rings. The highest BCUT2D eigenvalue weighted by atomic mass is 14.8. The second-order valence-corrected chi connectivity index (χ2v) is 1.68. The highest BCUT2D eigenvalue weighted by Gasteiger charge is 1.73. The zero-order valence-corrected chi connectivity index (χ0v) is 7.73. The lowest BCUT2D eigenvalue weighted by Crippen LogP contribution is -1.92. The molecule has 1 N–H and O–H groups in total. The van der Waals surface area contributed by atoms with E-state index in [2.05, 4.69) is 18.3 Å². The van der Waals surface area contributed by atoms with Crippen molar-refractivity contribution >= 4 is 0 Å². The van der Waals surface area contributed by atoms with E-state index in [9.17, 15) is 0 Å². The second kappa shape index (κ2) is 11.1. The predicted molar refractivity (Wildman–Crippen MR) is 49.0 cm³/mol. The van der Waals surface area contributed by atoms with Gasteiger partial charge in [-0.3, -0.25) is 0 Å². The Bertz CT molecular complexity index is 101. The van der Waals surface area contributed by atoms with Gasteiger partial charge in [0.15, 0.2) is 0 Å². The average Bonchev–Trinajstić information content (AvgIpc) is 1.93. The summed E-state index contributed by atoms with van der Waals surface area (Å²) in [5.74, 6) is 0. The van der Waals surface area contributed by atoms with Crippen LogP contribution in [-0.4, -0.2) is 7.05 Å². The summed E-state index contributed by atoms with van der Waals surface area (Å²) in [5, 5.41) is 2.94. The van der Waals surface area contributed by atoms with Gasteiger partial charge >= 0.3 is 0 Å². The van der Waals surface area contributed by atoms with E-state index in [1.54, 1.807) is 0 Å². The molecule has 0 amide bonds. The molecule has 10 heavy (non-hydrogen) atoms. The summed E-state index contributed by atoms with van der Waals surface area (Å²) in [6.45, 7) is 8.06. The molecule has 0 saturated heterocycles. The maximum absolute atomic E-state index is 2.94. The highest BCUT2D eigenvalue weighted by molar-refractivity contribution is 5.13. The molecule has 0 aliphatic heterocycles. The number of hydrogen-bond donors (Lipinski definition) is 1. The van der Waals surface area contributed by atoms with Gasteiger partial charge in [0.25, 0.3) is 0 Å². The van der Waals surface area contributed by atoms with E-state index in [1.807, 2.05) is 40.1 Å². The van der Waals surface area contributed by atoms with Crippen molar-refractivity contribution in [1.82, 2.24) is 5.32 Å². The fourth-order valence-electron chi connectivity index (χ4n) is 0.539. The highest BCUT2D eigenvalue weighted by Crippen LogP contribution is 1.89. The molecule has 1 heteroatoms. The van der Waals surface area contributed by atoms with E-state index < -0.39 is 0 Å². The van der Waals surface area contributed by atoms with Gasteiger partial charge in [-0.2, -0.15) is 0 Å². The Morgan fingerprint density at radius 3 is 2.10 bits per heavy atom. The van der Waals surface area contributed by atoms with Crippen LogP contribution < -0.4 is 5.32 Å². The summed E-state index contributed by atoms with van der Waals surface area (Å²) < 4.78 is 0. The summed E-state index contributed by atoms with van der Waals surface area (Å²) in [4.78, 5) is 0. The van der Waals surface area contributed by atoms with Crippen LogP contribution in [0.2, 0.25) is 0 Å². The smallest absolute Gasteiger partial charge is 0.00277 e. The molecule has 0 spiro atoms. The maximum atomic E-state index is 2.94. The summed E-state index contributed by atoms with van der Waals surface area (Å²) in [5.41, 5.74) is 1.25. The molecule has 0 aliphatic carbocycles. The van der Waals surface area contributed by atoms with E-state index in [-0.39, 0.29) is 0 Å². The van der Waals surface area contributed by atoms with Gasteiger partial charge in [-0.25, -0.2) is 0 Å². The first-order chi connectivity index (χ1) is 4.81. The first kappa shape index (κ1) is 12.0. The Hall–Kier alpha value is -0.720. The zero-order valence-electron chi connectivity index (χ0n) is 7.73. The van der Waals surface area contributed by atoms with Crippen molar-refractivity contribution in [2.24, 2.45) is 0 Å². The molecule has 0 atom stereocenters. The van der Waals surface area contributed by atoms with E-state index in [0.29, 0.717) is 0 Å². The van der Waals surface area contributed by atoms with Crippen molar-refractivity contribution in [2.45, 2.75) is 27.7 Å². The first-order valence-electron chi connectivity index (χ1n) is 3.78. The molecular weight excluding hydrogens is 122 g/mol. The Morgan fingerprint density at radius 2 is 1.80 bits per heavy atom. The molecule has 0 aromatic rings.